The minimum absolute atomic E-state index is 0.221. The number of halogens is 1. The van der Waals surface area contributed by atoms with Gasteiger partial charge in [-0.1, -0.05) is 29.0 Å². The van der Waals surface area contributed by atoms with Gasteiger partial charge in [0, 0.05) is 16.9 Å². The maximum absolute atomic E-state index is 12.1. The number of ether oxygens (including phenoxy) is 1. The number of hydrogen-bond donors (Lipinski definition) is 3. The van der Waals surface area contributed by atoms with E-state index in [1.165, 1.54) is 6.20 Å². The van der Waals surface area contributed by atoms with Crippen LogP contribution in [0.3, 0.4) is 0 Å². The van der Waals surface area contributed by atoms with E-state index in [4.69, 9.17) is 16.3 Å². The van der Waals surface area contributed by atoms with Crippen LogP contribution in [-0.2, 0) is 9.53 Å². The van der Waals surface area contributed by atoms with Crippen molar-refractivity contribution in [1.82, 2.24) is 4.98 Å². The third-order valence-electron chi connectivity index (χ3n) is 2.74. The Morgan fingerprint density at radius 1 is 1.32 bits per heavy atom. The quantitative estimate of drug-likeness (QED) is 0.745. The lowest BCUT2D eigenvalue weighted by Gasteiger charge is -2.18. The Labute approximate surface area is 154 Å². The molecule has 134 valence electrons. The predicted molar refractivity (Wildman–Crippen MR) is 97.0 cm³/mol. The van der Waals surface area contributed by atoms with E-state index in [1.54, 1.807) is 45.0 Å². The summed E-state index contributed by atoms with van der Waals surface area (Å²) in [5.41, 5.74) is -0.172. The molecule has 3 N–H and O–H groups in total. The Balaban J connectivity index is 1.98. The number of anilines is 2. The van der Waals surface area contributed by atoms with Crippen LogP contribution in [0, 0.1) is 0 Å². The molecule has 7 nitrogen and oxygen atoms in total. The molecule has 0 saturated heterocycles. The molecule has 25 heavy (non-hydrogen) atoms. The zero-order chi connectivity index (χ0) is 18.6. The van der Waals surface area contributed by atoms with E-state index in [0.717, 1.165) is 11.3 Å². The first-order chi connectivity index (χ1) is 11.6. The van der Waals surface area contributed by atoms with Crippen molar-refractivity contribution < 1.29 is 19.4 Å². The molecule has 0 aliphatic rings. The lowest BCUT2D eigenvalue weighted by Crippen LogP contribution is -2.27. The van der Waals surface area contributed by atoms with Crippen molar-refractivity contribution >= 4 is 45.8 Å². The first-order valence-electron chi connectivity index (χ1n) is 7.34. The summed E-state index contributed by atoms with van der Waals surface area (Å²) in [6.45, 7) is 5.22. The molecule has 2 aromatic rings. The van der Waals surface area contributed by atoms with Gasteiger partial charge in [-0.3, -0.25) is 10.1 Å². The number of aliphatic hydroxyl groups is 1. The van der Waals surface area contributed by atoms with Crippen LogP contribution in [0.5, 0.6) is 0 Å². The Hall–Kier alpha value is -2.16. The third-order valence-corrected chi connectivity index (χ3v) is 3.94. The highest BCUT2D eigenvalue weighted by Crippen LogP contribution is 2.26. The molecule has 1 unspecified atom stereocenters. The van der Waals surface area contributed by atoms with Gasteiger partial charge in [-0.2, -0.15) is 0 Å². The third kappa shape index (κ3) is 6.00. The number of aliphatic hydroxyl groups excluding tert-OH is 1. The summed E-state index contributed by atoms with van der Waals surface area (Å²) in [5, 5.41) is 15.8. The van der Waals surface area contributed by atoms with Crippen molar-refractivity contribution in [2.45, 2.75) is 32.5 Å². The van der Waals surface area contributed by atoms with Gasteiger partial charge in [0.05, 0.1) is 4.88 Å². The normalized spacial score (nSPS) is 12.4. The predicted octanol–water partition coefficient (Wildman–Crippen LogP) is 3.82. The lowest BCUT2D eigenvalue weighted by atomic mass is 10.2. The molecular formula is C16H18ClN3O4S. The average Bonchev–Trinajstić information content (AvgIpc) is 2.92. The summed E-state index contributed by atoms with van der Waals surface area (Å²) in [4.78, 5) is 28.0. The molecule has 0 spiro atoms. The summed E-state index contributed by atoms with van der Waals surface area (Å²) < 4.78 is 5.11. The minimum Gasteiger partial charge on any atom is -0.444 e. The number of amides is 2. The molecule has 9 heteroatoms. The summed E-state index contributed by atoms with van der Waals surface area (Å²) in [5.74, 6) is -0.630. The van der Waals surface area contributed by atoms with Crippen LogP contribution in [0.15, 0.2) is 30.5 Å². The van der Waals surface area contributed by atoms with Crippen LogP contribution in [0.1, 0.15) is 31.8 Å². The van der Waals surface area contributed by atoms with Gasteiger partial charge in [0.15, 0.2) is 11.2 Å². The topological polar surface area (TPSA) is 101 Å². The second kappa shape index (κ2) is 7.81. The van der Waals surface area contributed by atoms with E-state index >= 15 is 0 Å². The number of thiazole rings is 1. The molecule has 1 atom stereocenters. The molecule has 1 aromatic carbocycles. The van der Waals surface area contributed by atoms with Crippen LogP contribution in [0.2, 0.25) is 5.02 Å². The van der Waals surface area contributed by atoms with E-state index in [2.05, 4.69) is 15.6 Å². The molecule has 1 aromatic heterocycles. The van der Waals surface area contributed by atoms with Gasteiger partial charge in [0.1, 0.15) is 5.60 Å². The van der Waals surface area contributed by atoms with Gasteiger partial charge in [-0.05, 0) is 39.0 Å². The number of aromatic nitrogens is 1. The van der Waals surface area contributed by atoms with Crippen LogP contribution in [0.25, 0.3) is 0 Å². The molecule has 2 rings (SSSR count). The summed E-state index contributed by atoms with van der Waals surface area (Å²) in [7, 11) is 0. The van der Waals surface area contributed by atoms with Crippen molar-refractivity contribution in [3.63, 3.8) is 0 Å². The van der Waals surface area contributed by atoms with Crippen LogP contribution in [-0.4, -0.2) is 27.7 Å². The maximum atomic E-state index is 12.1. The van der Waals surface area contributed by atoms with E-state index in [1.807, 2.05) is 0 Å². The summed E-state index contributed by atoms with van der Waals surface area (Å²) in [6, 6.07) is 6.57. The number of rotatable bonds is 4. The first-order valence-corrected chi connectivity index (χ1v) is 8.54. The van der Waals surface area contributed by atoms with Gasteiger partial charge in [0.2, 0.25) is 0 Å². The van der Waals surface area contributed by atoms with Gasteiger partial charge >= 0.3 is 6.09 Å². The first kappa shape index (κ1) is 19.2. The maximum Gasteiger partial charge on any atom is 0.413 e. The van der Waals surface area contributed by atoms with Crippen molar-refractivity contribution in [1.29, 1.82) is 0 Å². The Morgan fingerprint density at radius 2 is 2.04 bits per heavy atom. The number of carbonyl (C=O) groups is 2. The van der Waals surface area contributed by atoms with Gasteiger partial charge in [-0.25, -0.2) is 9.78 Å². The SMILES string of the molecule is CC(C)(C)OC(=O)Nc1ncc(C(O)C(=O)Nc2cccc(Cl)c2)s1. The standard InChI is InChI=1S/C16H18ClN3O4S/c1-16(2,3)24-15(23)20-14-18-8-11(25-14)12(21)13(22)19-10-6-4-5-9(17)7-10/h4-8,12,21H,1-3H3,(H,19,22)(H,18,20,23). The second-order valence-corrected chi connectivity index (χ2v) is 7.60. The highest BCUT2D eigenvalue weighted by atomic mass is 35.5. The number of carbonyl (C=O) groups excluding carboxylic acids is 2. The van der Waals surface area contributed by atoms with Crippen LogP contribution >= 0.6 is 22.9 Å². The van der Waals surface area contributed by atoms with E-state index in [-0.39, 0.29) is 10.0 Å². The van der Waals surface area contributed by atoms with E-state index in [0.29, 0.717) is 10.7 Å². The Kier molecular flexibility index (Phi) is 5.99. The zero-order valence-electron chi connectivity index (χ0n) is 13.9. The second-order valence-electron chi connectivity index (χ2n) is 6.10. The highest BCUT2D eigenvalue weighted by molar-refractivity contribution is 7.15. The average molecular weight is 384 g/mol. The summed E-state index contributed by atoms with van der Waals surface area (Å²) in [6.07, 6.45) is -0.767. The van der Waals surface area contributed by atoms with Crippen molar-refractivity contribution in [2.75, 3.05) is 10.6 Å². The molecule has 0 saturated carbocycles. The monoisotopic (exact) mass is 383 g/mol. The smallest absolute Gasteiger partial charge is 0.413 e. The fourth-order valence-electron chi connectivity index (χ4n) is 1.77. The van der Waals surface area contributed by atoms with Gasteiger partial charge < -0.3 is 15.2 Å². The van der Waals surface area contributed by atoms with E-state index < -0.39 is 23.7 Å². The van der Waals surface area contributed by atoms with E-state index in [9.17, 15) is 14.7 Å². The van der Waals surface area contributed by atoms with Crippen molar-refractivity contribution in [2.24, 2.45) is 0 Å². The lowest BCUT2D eigenvalue weighted by molar-refractivity contribution is -0.124. The molecule has 0 bridgehead atoms. The molecule has 0 fully saturated rings. The van der Waals surface area contributed by atoms with Gasteiger partial charge in [-0.15, -0.1) is 0 Å². The van der Waals surface area contributed by atoms with Gasteiger partial charge in [0.25, 0.3) is 5.91 Å². The van der Waals surface area contributed by atoms with Crippen LogP contribution in [0.4, 0.5) is 15.6 Å². The van der Waals surface area contributed by atoms with Crippen LogP contribution < -0.4 is 10.6 Å². The minimum atomic E-state index is -1.43. The molecule has 0 radical (unpaired) electrons. The summed E-state index contributed by atoms with van der Waals surface area (Å²) >= 11 is 6.83. The Morgan fingerprint density at radius 3 is 2.68 bits per heavy atom. The number of benzene rings is 1. The molecule has 0 aliphatic carbocycles. The molecule has 2 amide bonds. The zero-order valence-corrected chi connectivity index (χ0v) is 15.4. The highest BCUT2D eigenvalue weighted by Gasteiger charge is 2.22. The number of hydrogen-bond acceptors (Lipinski definition) is 6. The molecule has 1 heterocycles. The molecule has 0 aliphatic heterocycles. The Bertz CT molecular complexity index is 773. The molecular weight excluding hydrogens is 366 g/mol. The number of nitrogens with zero attached hydrogens (tertiary/aromatic N) is 1. The number of nitrogens with one attached hydrogen (secondary N) is 2. The largest absolute Gasteiger partial charge is 0.444 e. The fraction of sp³-hybridized carbons (Fsp3) is 0.312. The van der Waals surface area contributed by atoms with Crippen molar-refractivity contribution in [3.8, 4) is 0 Å². The van der Waals surface area contributed by atoms with Crippen molar-refractivity contribution in [3.05, 3.63) is 40.4 Å². The fourth-order valence-corrected chi connectivity index (χ4v) is 2.75.